The smallest absolute Gasteiger partial charge is 0.403 e. The molecular formula is C25H25NO5. The number of hydrogen-bond donors (Lipinski definition) is 0. The molecule has 0 radical (unpaired) electrons. The third-order valence-electron chi connectivity index (χ3n) is 5.11. The van der Waals surface area contributed by atoms with E-state index >= 15 is 0 Å². The van der Waals surface area contributed by atoms with E-state index in [1.54, 1.807) is 6.20 Å². The molecule has 3 rings (SSSR count). The van der Waals surface area contributed by atoms with Gasteiger partial charge in [-0.3, -0.25) is 0 Å². The summed E-state index contributed by atoms with van der Waals surface area (Å²) >= 11 is 0. The second kappa shape index (κ2) is 9.89. The molecule has 0 bridgehead atoms. The van der Waals surface area contributed by atoms with Crippen LogP contribution in [0.3, 0.4) is 0 Å². The number of fused-ring (bicyclic) bond motifs is 1. The van der Waals surface area contributed by atoms with E-state index in [2.05, 4.69) is 11.7 Å². The van der Waals surface area contributed by atoms with Crippen molar-refractivity contribution in [3.8, 4) is 11.1 Å². The zero-order chi connectivity index (χ0) is 22.4. The lowest BCUT2D eigenvalue weighted by molar-refractivity contribution is -0.589. The van der Waals surface area contributed by atoms with Gasteiger partial charge >= 0.3 is 11.9 Å². The number of nitrogens with zero attached hydrogens (tertiary/aromatic N) is 1. The molecule has 0 spiro atoms. The largest absolute Gasteiger partial charge is 0.863 e. The minimum atomic E-state index is -1.12. The summed E-state index contributed by atoms with van der Waals surface area (Å²) in [5, 5.41) is 14.7. The highest BCUT2D eigenvalue weighted by molar-refractivity contribution is 6.13. The Morgan fingerprint density at radius 2 is 1.58 bits per heavy atom. The van der Waals surface area contributed by atoms with Crippen LogP contribution in [-0.4, -0.2) is 26.2 Å². The van der Waals surface area contributed by atoms with Gasteiger partial charge in [0.15, 0.2) is 11.9 Å². The van der Waals surface area contributed by atoms with Crippen LogP contribution >= 0.6 is 0 Å². The minimum Gasteiger partial charge on any atom is -0.863 e. The van der Waals surface area contributed by atoms with Crippen molar-refractivity contribution >= 4 is 28.4 Å². The highest BCUT2D eigenvalue weighted by Gasteiger charge is 2.32. The Labute approximate surface area is 181 Å². The Bertz CT molecular complexity index is 1140. The topological polar surface area (TPSA) is 79.5 Å². The van der Waals surface area contributed by atoms with Crippen molar-refractivity contribution in [2.24, 2.45) is 0 Å². The number of ether oxygens (including phenoxy) is 2. The minimum absolute atomic E-state index is 0.386. The van der Waals surface area contributed by atoms with Crippen LogP contribution in [-0.2, 0) is 25.5 Å². The number of benzene rings is 2. The van der Waals surface area contributed by atoms with Gasteiger partial charge in [0.1, 0.15) is 0 Å². The van der Waals surface area contributed by atoms with Gasteiger partial charge in [0, 0.05) is 17.2 Å². The fourth-order valence-electron chi connectivity index (χ4n) is 3.63. The van der Waals surface area contributed by atoms with Crippen molar-refractivity contribution in [3.63, 3.8) is 0 Å². The zero-order valence-corrected chi connectivity index (χ0v) is 17.9. The van der Waals surface area contributed by atoms with Crippen LogP contribution in [0.1, 0.15) is 25.5 Å². The number of rotatable bonds is 7. The van der Waals surface area contributed by atoms with E-state index in [0.717, 1.165) is 47.5 Å². The number of carbonyl (C=O) groups is 2. The molecule has 31 heavy (non-hydrogen) atoms. The predicted octanol–water partition coefficient (Wildman–Crippen LogP) is 3.01. The maximum absolute atomic E-state index is 12.9. The Balaban J connectivity index is 2.48. The summed E-state index contributed by atoms with van der Waals surface area (Å²) in [4.78, 5) is 24.8. The maximum Gasteiger partial charge on any atom is 0.403 e. The number of pyridine rings is 1. The highest BCUT2D eigenvalue weighted by atomic mass is 16.5. The fraction of sp³-hybridized carbons (Fsp3) is 0.240. The number of methoxy groups -OCH3 is 2. The summed E-state index contributed by atoms with van der Waals surface area (Å²) < 4.78 is 11.0. The van der Waals surface area contributed by atoms with Gasteiger partial charge in [0.25, 0.3) is 5.70 Å². The first-order valence-electron chi connectivity index (χ1n) is 10.1. The Morgan fingerprint density at radius 1 is 0.935 bits per heavy atom. The molecule has 6 nitrogen and oxygen atoms in total. The first kappa shape index (κ1) is 22.0. The number of aromatic nitrogens is 1. The molecular weight excluding hydrogens is 394 g/mol. The third-order valence-corrected chi connectivity index (χ3v) is 5.11. The number of carbonyl (C=O) groups excluding carboxylic acids is 2. The van der Waals surface area contributed by atoms with E-state index in [9.17, 15) is 14.7 Å². The molecule has 2 aromatic carbocycles. The van der Waals surface area contributed by atoms with Crippen LogP contribution in [0.25, 0.3) is 27.6 Å². The molecule has 0 atom stereocenters. The fourth-order valence-corrected chi connectivity index (χ4v) is 3.63. The van der Waals surface area contributed by atoms with Gasteiger partial charge in [-0.05, 0) is 18.1 Å². The van der Waals surface area contributed by atoms with Crippen molar-refractivity contribution in [1.29, 1.82) is 0 Å². The average Bonchev–Trinajstić information content (AvgIpc) is 2.82. The van der Waals surface area contributed by atoms with Gasteiger partial charge in [0.2, 0.25) is 0 Å². The summed E-state index contributed by atoms with van der Waals surface area (Å²) in [6.45, 7) is 2.07. The lowest BCUT2D eigenvalue weighted by Gasteiger charge is -2.17. The van der Waals surface area contributed by atoms with Crippen molar-refractivity contribution in [2.75, 3.05) is 14.2 Å². The Hall–Kier alpha value is -3.67. The normalized spacial score (nSPS) is 11.7. The van der Waals surface area contributed by atoms with Crippen LogP contribution in [0.2, 0.25) is 0 Å². The maximum atomic E-state index is 12.9. The van der Waals surface area contributed by atoms with Crippen LogP contribution < -0.4 is 9.67 Å². The van der Waals surface area contributed by atoms with Gasteiger partial charge < -0.3 is 14.6 Å². The second-order valence-corrected chi connectivity index (χ2v) is 7.04. The molecule has 0 amide bonds. The first-order valence-corrected chi connectivity index (χ1v) is 10.1. The first-order chi connectivity index (χ1) is 15.0. The summed E-state index contributed by atoms with van der Waals surface area (Å²) in [6.07, 6.45) is 4.05. The average molecular weight is 419 g/mol. The quantitative estimate of drug-likeness (QED) is 0.255. The highest BCUT2D eigenvalue weighted by Crippen LogP contribution is 2.32. The molecule has 0 fully saturated rings. The Morgan fingerprint density at radius 3 is 2.23 bits per heavy atom. The van der Waals surface area contributed by atoms with E-state index < -0.39 is 17.7 Å². The molecule has 0 aliphatic carbocycles. The van der Waals surface area contributed by atoms with E-state index in [0.29, 0.717) is 6.42 Å². The number of esters is 2. The third kappa shape index (κ3) is 4.43. The standard InChI is InChI=1S/C25H25NO5/c1-4-5-15-20-21(17-11-7-6-8-12-17)19-14-10-9-13-18(19)16-26(20)22(24(28)30-2)23(27)25(29)31-3/h6-14,16H,4-5,15H2,1-3H3. The molecule has 0 aliphatic rings. The van der Waals surface area contributed by atoms with E-state index in [-0.39, 0.29) is 5.70 Å². The summed E-state index contributed by atoms with van der Waals surface area (Å²) in [5.41, 5.74) is 2.23. The van der Waals surface area contributed by atoms with E-state index in [4.69, 9.17) is 4.74 Å². The van der Waals surface area contributed by atoms with Crippen molar-refractivity contribution in [1.82, 2.24) is 0 Å². The molecule has 0 aliphatic heterocycles. The van der Waals surface area contributed by atoms with Crippen LogP contribution in [0.5, 0.6) is 0 Å². The van der Waals surface area contributed by atoms with Gasteiger partial charge in [-0.2, -0.15) is 4.57 Å². The molecule has 0 unspecified atom stereocenters. The molecule has 160 valence electrons. The summed E-state index contributed by atoms with van der Waals surface area (Å²) in [7, 11) is 2.28. The molecule has 0 saturated heterocycles. The van der Waals surface area contributed by atoms with Gasteiger partial charge in [-0.1, -0.05) is 61.9 Å². The lowest BCUT2D eigenvalue weighted by Crippen LogP contribution is -2.45. The molecule has 1 aromatic heterocycles. The van der Waals surface area contributed by atoms with Gasteiger partial charge in [0.05, 0.1) is 25.5 Å². The predicted molar refractivity (Wildman–Crippen MR) is 115 cm³/mol. The van der Waals surface area contributed by atoms with Crippen molar-refractivity contribution < 1.29 is 28.7 Å². The number of unbranched alkanes of at least 4 members (excludes halogenated alkanes) is 1. The molecule has 0 saturated carbocycles. The molecule has 3 aromatic rings. The SMILES string of the molecule is CCCCc1c(-c2ccccc2)c2ccccc2c[n+]1/C(C(=O)OC)=C(\[O-])C(=O)OC. The summed E-state index contributed by atoms with van der Waals surface area (Å²) in [6, 6.07) is 17.5. The van der Waals surface area contributed by atoms with Crippen LogP contribution in [0, 0.1) is 0 Å². The van der Waals surface area contributed by atoms with Crippen LogP contribution in [0.15, 0.2) is 66.6 Å². The molecule has 1 heterocycles. The van der Waals surface area contributed by atoms with Gasteiger partial charge in [-0.25, -0.2) is 9.59 Å². The van der Waals surface area contributed by atoms with E-state index in [1.165, 1.54) is 11.7 Å². The Kier molecular flexibility index (Phi) is 7.03. The second-order valence-electron chi connectivity index (χ2n) is 7.04. The summed E-state index contributed by atoms with van der Waals surface area (Å²) in [5.74, 6) is -3.07. The lowest BCUT2D eigenvalue weighted by atomic mass is 9.94. The molecule has 0 N–H and O–H groups in total. The zero-order valence-electron chi connectivity index (χ0n) is 17.9. The van der Waals surface area contributed by atoms with Crippen molar-refractivity contribution in [2.45, 2.75) is 26.2 Å². The molecule has 6 heteroatoms. The monoisotopic (exact) mass is 419 g/mol. The number of hydrogen-bond acceptors (Lipinski definition) is 5. The van der Waals surface area contributed by atoms with Crippen molar-refractivity contribution in [3.05, 3.63) is 72.2 Å². The van der Waals surface area contributed by atoms with Gasteiger partial charge in [-0.15, -0.1) is 0 Å². The van der Waals surface area contributed by atoms with Crippen LogP contribution in [0.4, 0.5) is 0 Å². The van der Waals surface area contributed by atoms with E-state index in [1.807, 2.05) is 54.6 Å².